The van der Waals surface area contributed by atoms with Crippen LogP contribution in [0.5, 0.6) is 17.2 Å². The maximum Gasteiger partial charge on any atom is 0.339 e. The van der Waals surface area contributed by atoms with Gasteiger partial charge >= 0.3 is 29.2 Å². The molecular weight excluding hydrogens is 1030 g/mol. The molecule has 5 aromatic rings. The second kappa shape index (κ2) is 26.9. The molecule has 6 rings (SSSR count). The zero-order chi connectivity index (χ0) is 54.4. The van der Waals surface area contributed by atoms with Gasteiger partial charge in [-0.3, -0.25) is 19.1 Å². The molecule has 20 heteroatoms. The van der Waals surface area contributed by atoms with Crippen molar-refractivity contribution in [3.05, 3.63) is 111 Å². The number of anilines is 2. The number of nitrogens with one attached hydrogen (secondary N) is 2. The van der Waals surface area contributed by atoms with E-state index in [1.165, 1.54) is 81.0 Å². The third kappa shape index (κ3) is 16.0. The largest absolute Gasteiger partial charge is 0.478 e. The van der Waals surface area contributed by atoms with Crippen LogP contribution in [0.25, 0.3) is 10.8 Å². The van der Waals surface area contributed by atoms with Crippen LogP contribution in [-0.2, 0) is 30.4 Å². The smallest absolute Gasteiger partial charge is 0.339 e. The minimum atomic E-state index is -2.46. The van der Waals surface area contributed by atoms with Crippen molar-refractivity contribution < 1.29 is 61.9 Å². The number of Topliss-reactive ketones (excluding diaryl/α,β-unsaturated/α-hetero) is 1. The molecule has 1 amide bonds. The second-order valence-corrected chi connectivity index (χ2v) is 20.6. The van der Waals surface area contributed by atoms with Gasteiger partial charge in [0, 0.05) is 33.9 Å². The number of carbonyl (C=O) groups excluding carboxylic acids is 4. The summed E-state index contributed by atoms with van der Waals surface area (Å²) in [7, 11) is 0. The lowest BCUT2D eigenvalue weighted by Gasteiger charge is -2.22. The maximum absolute atomic E-state index is 14.1. The number of esters is 2. The average molecular weight is 1090 g/mol. The average Bonchev–Trinajstić information content (AvgIpc) is 4.14. The number of aliphatic hydroxyl groups excluding tert-OH is 1. The number of hydrogen-bond donors (Lipinski definition) is 5. The highest BCUT2D eigenvalue weighted by atomic mass is 35.5. The topological polar surface area (TPSA) is 249 Å². The van der Waals surface area contributed by atoms with E-state index >= 15 is 0 Å². The number of amides is 1. The number of aryl methyl sites for hydroxylation is 1. The molecule has 1 saturated carbocycles. The molecule has 5 aromatic carbocycles. The van der Waals surface area contributed by atoms with Gasteiger partial charge in [-0.2, -0.15) is 9.32 Å². The first-order chi connectivity index (χ1) is 35.8. The maximum atomic E-state index is 14.1. The van der Waals surface area contributed by atoms with Crippen LogP contribution in [0.2, 0.25) is 10.0 Å². The Balaban J connectivity index is 1.20. The SMILES string of the molecule is CCCCCCCCCCCCOC(=O)c1cc(NC(=O)C(Oc2ccc(C)c(NS(=O)Oc3cc(N=Nc4cc(C(=O)O)cc(C(O)O)c4)c4ccccc4c3OC(=O)C(C)C)c2)C(=O)C2(C)CC2)c(Cl)cc1Cl. The van der Waals surface area contributed by atoms with Gasteiger partial charge in [-0.1, -0.05) is 139 Å². The second-order valence-electron chi connectivity index (χ2n) is 19.0. The highest BCUT2D eigenvalue weighted by molar-refractivity contribution is 7.82. The summed E-state index contributed by atoms with van der Waals surface area (Å²) >= 11 is 10.5. The predicted octanol–water partition coefficient (Wildman–Crippen LogP) is 13.0. The number of aliphatic hydroxyl groups is 2. The van der Waals surface area contributed by atoms with Gasteiger partial charge in [-0.15, -0.1) is 5.11 Å². The Morgan fingerprint density at radius 3 is 2.11 bits per heavy atom. The molecule has 0 bridgehead atoms. The molecule has 17 nitrogen and oxygen atoms in total. The Hall–Kier alpha value is -6.44. The minimum absolute atomic E-state index is 0.000593. The van der Waals surface area contributed by atoms with E-state index in [2.05, 4.69) is 27.2 Å². The van der Waals surface area contributed by atoms with Crippen LogP contribution in [0.4, 0.5) is 22.7 Å². The normalized spacial score (nSPS) is 13.6. The molecule has 0 saturated heterocycles. The number of fused-ring (bicyclic) bond motifs is 1. The predicted molar refractivity (Wildman–Crippen MR) is 287 cm³/mol. The fourth-order valence-corrected chi connectivity index (χ4v) is 9.01. The highest BCUT2D eigenvalue weighted by Gasteiger charge is 2.50. The number of ketones is 1. The third-order valence-electron chi connectivity index (χ3n) is 12.5. The first kappa shape index (κ1) is 57.8. The van der Waals surface area contributed by atoms with E-state index in [9.17, 15) is 43.5 Å². The molecule has 0 heterocycles. The number of benzene rings is 5. The Morgan fingerprint density at radius 1 is 0.800 bits per heavy atom. The van der Waals surface area contributed by atoms with Gasteiger partial charge < -0.3 is 39.0 Å². The van der Waals surface area contributed by atoms with E-state index in [1.807, 2.05) is 0 Å². The first-order valence-corrected chi connectivity index (χ1v) is 26.7. The van der Waals surface area contributed by atoms with Gasteiger partial charge in [-0.25, -0.2) is 9.59 Å². The van der Waals surface area contributed by atoms with Crippen LogP contribution in [0.3, 0.4) is 0 Å². The molecule has 400 valence electrons. The molecule has 2 unspecified atom stereocenters. The van der Waals surface area contributed by atoms with Crippen molar-refractivity contribution in [2.75, 3.05) is 16.6 Å². The molecule has 0 aliphatic heterocycles. The van der Waals surface area contributed by atoms with Crippen LogP contribution in [0.1, 0.15) is 143 Å². The van der Waals surface area contributed by atoms with Gasteiger partial charge in [0.2, 0.25) is 6.10 Å². The van der Waals surface area contributed by atoms with E-state index < -0.39 is 64.6 Å². The van der Waals surface area contributed by atoms with Gasteiger partial charge in [0.25, 0.3) is 5.91 Å². The number of hydrogen-bond acceptors (Lipinski definition) is 14. The van der Waals surface area contributed by atoms with Crippen molar-refractivity contribution in [2.45, 2.75) is 124 Å². The minimum Gasteiger partial charge on any atom is -0.478 e. The Labute approximate surface area is 448 Å². The summed E-state index contributed by atoms with van der Waals surface area (Å²) in [5.41, 5.74) is -0.498. The van der Waals surface area contributed by atoms with Crippen molar-refractivity contribution in [1.82, 2.24) is 0 Å². The van der Waals surface area contributed by atoms with Crippen LogP contribution >= 0.6 is 23.2 Å². The summed E-state index contributed by atoms with van der Waals surface area (Å²) in [4.78, 5) is 66.1. The number of nitrogens with zero attached hydrogens (tertiary/aromatic N) is 2. The van der Waals surface area contributed by atoms with E-state index in [-0.39, 0.29) is 73.3 Å². The van der Waals surface area contributed by atoms with Crippen molar-refractivity contribution in [3.8, 4) is 17.2 Å². The number of rotatable bonds is 28. The quantitative estimate of drug-likeness (QED) is 0.00782. The van der Waals surface area contributed by atoms with Crippen LogP contribution in [0.15, 0.2) is 89.1 Å². The molecule has 0 radical (unpaired) electrons. The molecule has 0 spiro atoms. The molecule has 1 aliphatic rings. The third-order valence-corrected chi connectivity index (χ3v) is 13.9. The van der Waals surface area contributed by atoms with E-state index in [0.717, 1.165) is 25.3 Å². The first-order valence-electron chi connectivity index (χ1n) is 24.9. The van der Waals surface area contributed by atoms with Gasteiger partial charge in [0.15, 0.2) is 23.6 Å². The Kier molecular flexibility index (Phi) is 20.7. The number of azo groups is 1. The highest BCUT2D eigenvalue weighted by Crippen LogP contribution is 2.47. The summed E-state index contributed by atoms with van der Waals surface area (Å²) in [6, 6.07) is 18.6. The lowest BCUT2D eigenvalue weighted by atomic mass is 9.98. The Bertz CT molecular complexity index is 2960. The van der Waals surface area contributed by atoms with Gasteiger partial charge in [0.05, 0.1) is 56.4 Å². The van der Waals surface area contributed by atoms with Crippen LogP contribution in [-0.4, -0.2) is 61.8 Å². The van der Waals surface area contributed by atoms with Crippen molar-refractivity contribution >= 4 is 97.6 Å². The molecule has 5 N–H and O–H groups in total. The van der Waals surface area contributed by atoms with E-state index in [1.54, 1.807) is 58.0 Å². The summed E-state index contributed by atoms with van der Waals surface area (Å²) in [5.74, 6) is -4.93. The van der Waals surface area contributed by atoms with Gasteiger partial charge in [-0.05, 0) is 68.1 Å². The summed E-state index contributed by atoms with van der Waals surface area (Å²) < 4.78 is 40.1. The number of aromatic carboxylic acids is 1. The lowest BCUT2D eigenvalue weighted by molar-refractivity contribution is -0.139. The molecule has 1 fully saturated rings. The van der Waals surface area contributed by atoms with Crippen molar-refractivity contribution in [1.29, 1.82) is 0 Å². The van der Waals surface area contributed by atoms with Crippen molar-refractivity contribution in [2.24, 2.45) is 21.6 Å². The summed E-state index contributed by atoms with van der Waals surface area (Å²) in [6.45, 7) is 9.06. The van der Waals surface area contributed by atoms with Crippen LogP contribution in [0, 0.1) is 18.3 Å². The monoisotopic (exact) mass is 1090 g/mol. The molecular formula is C55H62Cl2N4O13S. The zero-order valence-corrected chi connectivity index (χ0v) is 44.7. The fourth-order valence-electron chi connectivity index (χ4n) is 7.77. The van der Waals surface area contributed by atoms with E-state index in [4.69, 9.17) is 41.6 Å². The van der Waals surface area contributed by atoms with Crippen LogP contribution < -0.4 is 23.7 Å². The van der Waals surface area contributed by atoms with E-state index in [0.29, 0.717) is 35.6 Å². The summed E-state index contributed by atoms with van der Waals surface area (Å²) in [6.07, 6.45) is 8.54. The molecule has 0 aromatic heterocycles. The summed E-state index contributed by atoms with van der Waals surface area (Å²) in [5, 5.41) is 41.0. The zero-order valence-electron chi connectivity index (χ0n) is 42.4. The standard InChI is InChI=1S/C55H62Cl2N4O13S/c1-6-7-8-9-10-11-12-13-14-17-24-71-54(69)40-29-45(42(57)30-41(40)56)58-50(63)48(49(62)55(5)22-23-55)72-37-21-20-33(4)43(28-37)61-75(70)74-46-31-44(38-18-15-16-19-39(38)47(46)73-53(68)32(2)3)60-59-36-26-34(51(64)65)25-35(27-36)52(66)67/h15-16,18-21,25-32,48,51,61,64-65H,6-14,17,22-24H2,1-5H3,(H,58,63)(H,66,67). The number of halogens is 2. The van der Waals surface area contributed by atoms with Gasteiger partial charge in [0.1, 0.15) is 5.75 Å². The number of carbonyl (C=O) groups is 5. The Morgan fingerprint density at radius 2 is 1.47 bits per heavy atom. The number of carboxylic acids is 1. The number of unbranched alkanes of at least 4 members (excludes halogenated alkanes) is 9. The number of carboxylic acid groups (broad SMARTS) is 1. The fraction of sp³-hybridized carbons (Fsp3) is 0.400. The number of ether oxygens (including phenoxy) is 3. The lowest BCUT2D eigenvalue weighted by Crippen LogP contribution is -2.43. The van der Waals surface area contributed by atoms with Crippen molar-refractivity contribution in [3.63, 3.8) is 0 Å². The molecule has 1 aliphatic carbocycles. The molecule has 75 heavy (non-hydrogen) atoms. The molecule has 2 atom stereocenters.